The van der Waals surface area contributed by atoms with E-state index in [4.69, 9.17) is 4.98 Å². The Morgan fingerprint density at radius 1 is 1.23 bits per heavy atom. The summed E-state index contributed by atoms with van der Waals surface area (Å²) in [6.07, 6.45) is 5.14. The summed E-state index contributed by atoms with van der Waals surface area (Å²) in [4.78, 5) is 20.5. The first kappa shape index (κ1) is 17.8. The molecule has 1 aliphatic rings. The van der Waals surface area contributed by atoms with Gasteiger partial charge in [-0.1, -0.05) is 36.4 Å². The Labute approximate surface area is 160 Å². The van der Waals surface area contributed by atoms with Gasteiger partial charge in [0, 0.05) is 10.6 Å². The predicted molar refractivity (Wildman–Crippen MR) is 109 cm³/mol. The molecule has 1 aliphatic carbocycles. The number of thioether (sulfide) groups is 1. The van der Waals surface area contributed by atoms with Crippen LogP contribution in [0.4, 0.5) is 0 Å². The maximum absolute atomic E-state index is 13.5. The van der Waals surface area contributed by atoms with Crippen molar-refractivity contribution >= 4 is 33.3 Å². The molecule has 1 N–H and O–H groups in total. The van der Waals surface area contributed by atoms with Crippen LogP contribution in [-0.4, -0.2) is 26.5 Å². The molecule has 2 aromatic heterocycles. The van der Waals surface area contributed by atoms with Gasteiger partial charge in [0.15, 0.2) is 5.16 Å². The normalized spacial score (nSPS) is 15.6. The molecule has 0 saturated carbocycles. The van der Waals surface area contributed by atoms with Crippen LogP contribution in [0, 0.1) is 0 Å². The van der Waals surface area contributed by atoms with Gasteiger partial charge in [-0.25, -0.2) is 4.98 Å². The Kier molecular flexibility index (Phi) is 5.16. The lowest BCUT2D eigenvalue weighted by molar-refractivity contribution is 0.220. The first-order valence-corrected chi connectivity index (χ1v) is 10.9. The molecule has 2 heterocycles. The quantitative estimate of drug-likeness (QED) is 0.415. The molecule has 0 bridgehead atoms. The first-order valence-electron chi connectivity index (χ1n) is 9.08. The monoisotopic (exact) mass is 386 g/mol. The van der Waals surface area contributed by atoms with Crippen LogP contribution in [0.3, 0.4) is 0 Å². The van der Waals surface area contributed by atoms with Gasteiger partial charge in [-0.3, -0.25) is 9.36 Å². The van der Waals surface area contributed by atoms with Crippen LogP contribution in [0.1, 0.15) is 36.6 Å². The molecule has 1 atom stereocenters. The fraction of sp³-hybridized carbons (Fsp3) is 0.400. The summed E-state index contributed by atoms with van der Waals surface area (Å²) in [7, 11) is 0. The van der Waals surface area contributed by atoms with Crippen molar-refractivity contribution in [2.75, 3.05) is 5.75 Å². The van der Waals surface area contributed by atoms with E-state index in [1.165, 1.54) is 35.0 Å². The van der Waals surface area contributed by atoms with Gasteiger partial charge in [0.25, 0.3) is 5.56 Å². The van der Waals surface area contributed by atoms with E-state index in [9.17, 15) is 9.90 Å². The highest BCUT2D eigenvalue weighted by molar-refractivity contribution is 7.99. The third-order valence-corrected chi connectivity index (χ3v) is 7.04. The molecule has 1 aromatic carbocycles. The van der Waals surface area contributed by atoms with E-state index < -0.39 is 6.10 Å². The van der Waals surface area contributed by atoms with Gasteiger partial charge in [-0.05, 0) is 50.3 Å². The molecule has 0 fully saturated rings. The highest BCUT2D eigenvalue weighted by Crippen LogP contribution is 2.34. The van der Waals surface area contributed by atoms with Crippen LogP contribution in [0.15, 0.2) is 40.3 Å². The van der Waals surface area contributed by atoms with Crippen LogP contribution in [-0.2, 0) is 12.8 Å². The van der Waals surface area contributed by atoms with E-state index >= 15 is 0 Å². The average molecular weight is 387 g/mol. The molecule has 0 radical (unpaired) electrons. The van der Waals surface area contributed by atoms with E-state index in [0.717, 1.165) is 35.2 Å². The summed E-state index contributed by atoms with van der Waals surface area (Å²) in [5, 5.41) is 11.1. The van der Waals surface area contributed by atoms with Crippen molar-refractivity contribution in [3.8, 4) is 5.69 Å². The van der Waals surface area contributed by atoms with E-state index in [-0.39, 0.29) is 5.56 Å². The fourth-order valence-electron chi connectivity index (χ4n) is 3.46. The number of fused-ring (bicyclic) bond motifs is 3. The zero-order chi connectivity index (χ0) is 18.1. The predicted octanol–water partition coefficient (Wildman–Crippen LogP) is 4.19. The Morgan fingerprint density at radius 3 is 2.77 bits per heavy atom. The summed E-state index contributed by atoms with van der Waals surface area (Å²) >= 11 is 3.12. The molecule has 4 nitrogen and oxygen atoms in total. The lowest BCUT2D eigenvalue weighted by Gasteiger charge is -2.13. The molecular formula is C20H22N2O2S2. The maximum atomic E-state index is 13.5. The molecular weight excluding hydrogens is 364 g/mol. The van der Waals surface area contributed by atoms with Crippen molar-refractivity contribution in [1.29, 1.82) is 0 Å². The van der Waals surface area contributed by atoms with Gasteiger partial charge in [-0.2, -0.15) is 0 Å². The maximum Gasteiger partial charge on any atom is 0.267 e. The second-order valence-corrected chi connectivity index (χ2v) is 8.85. The fourth-order valence-corrected chi connectivity index (χ4v) is 5.63. The molecule has 0 aliphatic heterocycles. The van der Waals surface area contributed by atoms with Gasteiger partial charge in [-0.15, -0.1) is 11.3 Å². The van der Waals surface area contributed by atoms with Crippen molar-refractivity contribution in [2.45, 2.75) is 50.3 Å². The molecule has 6 heteroatoms. The lowest BCUT2D eigenvalue weighted by atomic mass is 10.1. The van der Waals surface area contributed by atoms with Gasteiger partial charge < -0.3 is 5.11 Å². The van der Waals surface area contributed by atoms with Crippen molar-refractivity contribution < 1.29 is 5.11 Å². The Morgan fingerprint density at radius 2 is 2.00 bits per heavy atom. The molecule has 136 valence electrons. The highest BCUT2D eigenvalue weighted by Gasteiger charge is 2.22. The summed E-state index contributed by atoms with van der Waals surface area (Å²) in [6, 6.07) is 9.69. The third-order valence-electron chi connectivity index (χ3n) is 4.68. The minimum atomic E-state index is -0.447. The van der Waals surface area contributed by atoms with E-state index in [0.29, 0.717) is 10.9 Å². The van der Waals surface area contributed by atoms with Crippen molar-refractivity contribution in [3.63, 3.8) is 0 Å². The topological polar surface area (TPSA) is 55.1 Å². The van der Waals surface area contributed by atoms with Crippen LogP contribution < -0.4 is 5.56 Å². The lowest BCUT2D eigenvalue weighted by Crippen LogP contribution is -2.22. The molecule has 0 amide bonds. The first-order chi connectivity index (χ1) is 12.6. The van der Waals surface area contributed by atoms with E-state index in [1.807, 2.05) is 30.3 Å². The van der Waals surface area contributed by atoms with Gasteiger partial charge in [0.1, 0.15) is 4.83 Å². The highest BCUT2D eigenvalue weighted by atomic mass is 32.2. The number of para-hydroxylation sites is 1. The molecule has 0 saturated heterocycles. The summed E-state index contributed by atoms with van der Waals surface area (Å²) < 4.78 is 1.72. The van der Waals surface area contributed by atoms with Crippen LogP contribution >= 0.6 is 23.1 Å². The second kappa shape index (κ2) is 7.55. The van der Waals surface area contributed by atoms with Crippen molar-refractivity contribution in [1.82, 2.24) is 9.55 Å². The number of aryl methyl sites for hydroxylation is 2. The smallest absolute Gasteiger partial charge is 0.267 e. The number of aliphatic hydroxyl groups excluding tert-OH is 1. The minimum Gasteiger partial charge on any atom is -0.393 e. The number of aliphatic hydroxyl groups is 1. The molecule has 0 unspecified atom stereocenters. The Hall–Kier alpha value is -1.63. The number of rotatable bonds is 4. The number of benzene rings is 1. The Bertz CT molecular complexity index is 977. The number of aromatic nitrogens is 2. The van der Waals surface area contributed by atoms with Crippen molar-refractivity contribution in [2.24, 2.45) is 0 Å². The van der Waals surface area contributed by atoms with Gasteiger partial charge in [0.2, 0.25) is 0 Å². The van der Waals surface area contributed by atoms with Gasteiger partial charge in [0.05, 0.1) is 17.2 Å². The van der Waals surface area contributed by atoms with E-state index in [1.54, 1.807) is 22.8 Å². The summed E-state index contributed by atoms with van der Waals surface area (Å²) in [5.41, 5.74) is 2.07. The third kappa shape index (κ3) is 3.33. The number of hydrogen-bond acceptors (Lipinski definition) is 5. The molecule has 3 aromatic rings. The molecule has 4 rings (SSSR count). The Balaban J connectivity index is 1.95. The average Bonchev–Trinajstić information content (AvgIpc) is 2.82. The number of hydrogen-bond donors (Lipinski definition) is 1. The zero-order valence-corrected chi connectivity index (χ0v) is 16.4. The number of nitrogens with zero attached hydrogens (tertiary/aromatic N) is 2. The van der Waals surface area contributed by atoms with E-state index in [2.05, 4.69) is 0 Å². The molecule has 26 heavy (non-hydrogen) atoms. The molecule has 0 spiro atoms. The van der Waals surface area contributed by atoms with Crippen LogP contribution in [0.5, 0.6) is 0 Å². The zero-order valence-electron chi connectivity index (χ0n) is 14.8. The largest absolute Gasteiger partial charge is 0.393 e. The second-order valence-electron chi connectivity index (χ2n) is 6.78. The SMILES string of the molecule is C[C@H](O)CSc1nc2sc3c(c2c(=O)n1-c1ccccc1)CCCCC3. The summed E-state index contributed by atoms with van der Waals surface area (Å²) in [5.74, 6) is 0.510. The van der Waals surface area contributed by atoms with Crippen LogP contribution in [0.25, 0.3) is 15.9 Å². The van der Waals surface area contributed by atoms with Crippen LogP contribution in [0.2, 0.25) is 0 Å². The number of thiophene rings is 1. The minimum absolute atomic E-state index is 0.0219. The summed E-state index contributed by atoms with van der Waals surface area (Å²) in [6.45, 7) is 1.75. The van der Waals surface area contributed by atoms with Crippen molar-refractivity contribution in [3.05, 3.63) is 51.1 Å². The standard InChI is InChI=1S/C20H22N2O2S2/c1-13(23)12-25-20-21-18-17(15-10-6-3-7-11-16(15)26-18)19(24)22(20)14-8-4-2-5-9-14/h2,4-5,8-9,13,23H,3,6-7,10-12H2,1H3/t13-/m0/s1. The van der Waals surface area contributed by atoms with Gasteiger partial charge >= 0.3 is 0 Å².